The van der Waals surface area contributed by atoms with Gasteiger partial charge >= 0.3 is 5.97 Å². The Morgan fingerprint density at radius 3 is 2.55 bits per heavy atom. The van der Waals surface area contributed by atoms with E-state index in [4.69, 9.17) is 16.3 Å². The summed E-state index contributed by atoms with van der Waals surface area (Å²) in [7, 11) is 0. The van der Waals surface area contributed by atoms with E-state index in [1.165, 1.54) is 27.6 Å². The smallest absolute Gasteiger partial charge is 0.311 e. The second-order valence-electron chi connectivity index (χ2n) is 10.1. The molecule has 0 aliphatic carbocycles. The number of para-hydroxylation sites is 1. The van der Waals surface area contributed by atoms with Gasteiger partial charge in [0.2, 0.25) is 5.91 Å². The Bertz CT molecular complexity index is 1330. The van der Waals surface area contributed by atoms with Crippen LogP contribution in [0.3, 0.4) is 0 Å². The van der Waals surface area contributed by atoms with Gasteiger partial charge < -0.3 is 19.6 Å². The number of aliphatic hydroxyl groups is 1. The number of rotatable bonds is 10. The first kappa shape index (κ1) is 28.9. The molecule has 0 radical (unpaired) electrons. The van der Waals surface area contributed by atoms with Crippen molar-refractivity contribution in [3.8, 4) is 0 Å². The van der Waals surface area contributed by atoms with E-state index >= 15 is 0 Å². The summed E-state index contributed by atoms with van der Waals surface area (Å²) in [5, 5.41) is 10.8. The highest BCUT2D eigenvalue weighted by Crippen LogP contribution is 2.68. The van der Waals surface area contributed by atoms with E-state index in [1.807, 2.05) is 30.3 Å². The number of ether oxygens (including phenoxy) is 1. The molecule has 3 aliphatic heterocycles. The number of carbonyl (C=O) groups is 3. The summed E-state index contributed by atoms with van der Waals surface area (Å²) < 4.78 is 4.54. The Morgan fingerprint density at radius 1 is 1.20 bits per heavy atom. The third-order valence-electron chi connectivity index (χ3n) is 7.99. The topological polar surface area (TPSA) is 87.2 Å². The van der Waals surface area contributed by atoms with E-state index in [-0.39, 0.29) is 35.0 Å². The number of alkyl halides is 1. The molecule has 7 nitrogen and oxygen atoms in total. The Hall–Kier alpha value is -2.59. The highest BCUT2D eigenvalue weighted by atomic mass is 79.9. The normalized spacial score (nSPS) is 29.1. The molecule has 7 atom stereocenters. The van der Waals surface area contributed by atoms with Crippen molar-refractivity contribution in [2.45, 2.75) is 33.3 Å². The number of aliphatic hydroxyl groups excluding tert-OH is 1. The molecule has 3 heterocycles. The summed E-state index contributed by atoms with van der Waals surface area (Å²) in [6.07, 6.45) is 3.59. The molecule has 1 N–H and O–H groups in total. The highest BCUT2D eigenvalue weighted by Gasteiger charge is 2.76. The molecule has 0 aromatic heterocycles. The zero-order chi connectivity index (χ0) is 28.6. The van der Waals surface area contributed by atoms with Gasteiger partial charge in [-0.2, -0.15) is 0 Å². The molecule has 3 saturated heterocycles. The SMILES string of the molecule is C=CCOC(=O)[C@H]1[C@@H]2SC3(CC2Br)C(C(=O)N(CC=C)c2ccccc2Cl)N([C@H](CO)c2ccccc2)C(=O)[C@H]13. The van der Waals surface area contributed by atoms with Gasteiger partial charge in [-0.1, -0.05) is 88.7 Å². The third kappa shape index (κ3) is 4.61. The lowest BCUT2D eigenvalue weighted by Crippen LogP contribution is -2.56. The van der Waals surface area contributed by atoms with Gasteiger partial charge in [0.15, 0.2) is 0 Å². The van der Waals surface area contributed by atoms with Crippen molar-refractivity contribution in [2.75, 3.05) is 24.7 Å². The van der Waals surface area contributed by atoms with E-state index in [2.05, 4.69) is 29.1 Å². The van der Waals surface area contributed by atoms with E-state index in [0.29, 0.717) is 22.7 Å². The number of hydrogen-bond donors (Lipinski definition) is 1. The first-order chi connectivity index (χ1) is 19.3. The van der Waals surface area contributed by atoms with Gasteiger partial charge in [-0.15, -0.1) is 18.3 Å². The molecule has 3 unspecified atom stereocenters. The second kappa shape index (κ2) is 11.7. The summed E-state index contributed by atoms with van der Waals surface area (Å²) >= 11 is 11.8. The van der Waals surface area contributed by atoms with Crippen LogP contribution < -0.4 is 4.90 Å². The second-order valence-corrected chi connectivity index (χ2v) is 13.2. The molecule has 40 heavy (non-hydrogen) atoms. The van der Waals surface area contributed by atoms with Crippen molar-refractivity contribution in [3.05, 3.63) is 90.5 Å². The van der Waals surface area contributed by atoms with Crippen LogP contribution in [0, 0.1) is 11.8 Å². The van der Waals surface area contributed by atoms with Crippen LogP contribution in [0.25, 0.3) is 0 Å². The Morgan fingerprint density at radius 2 is 1.90 bits per heavy atom. The largest absolute Gasteiger partial charge is 0.461 e. The fourth-order valence-electron chi connectivity index (χ4n) is 6.47. The molecule has 2 aromatic carbocycles. The molecule has 3 fully saturated rings. The number of amides is 2. The molecule has 3 aliphatic rings. The quantitative estimate of drug-likeness (QED) is 0.227. The fourth-order valence-corrected chi connectivity index (χ4v) is 10.3. The van der Waals surface area contributed by atoms with Crippen molar-refractivity contribution < 1.29 is 24.2 Å². The minimum Gasteiger partial charge on any atom is -0.461 e. The van der Waals surface area contributed by atoms with Crippen LogP contribution >= 0.6 is 39.3 Å². The molecule has 2 bridgehead atoms. The average Bonchev–Trinajstić information content (AvgIpc) is 3.55. The van der Waals surface area contributed by atoms with E-state index < -0.39 is 41.2 Å². The van der Waals surface area contributed by atoms with Crippen LogP contribution in [0.1, 0.15) is 18.0 Å². The summed E-state index contributed by atoms with van der Waals surface area (Å²) in [6, 6.07) is 14.4. The summed E-state index contributed by atoms with van der Waals surface area (Å²) in [4.78, 5) is 45.5. The van der Waals surface area contributed by atoms with Crippen LogP contribution in [0.4, 0.5) is 5.69 Å². The predicted molar refractivity (Wildman–Crippen MR) is 160 cm³/mol. The molecule has 210 valence electrons. The Balaban J connectivity index is 1.67. The van der Waals surface area contributed by atoms with Gasteiger partial charge in [0.05, 0.1) is 39.9 Å². The van der Waals surface area contributed by atoms with Gasteiger partial charge in [0.25, 0.3) is 5.91 Å². The lowest BCUT2D eigenvalue weighted by molar-refractivity contribution is -0.153. The number of halogens is 2. The monoisotopic (exact) mass is 644 g/mol. The van der Waals surface area contributed by atoms with Crippen molar-refractivity contribution in [1.82, 2.24) is 4.90 Å². The van der Waals surface area contributed by atoms with Gasteiger partial charge in [-0.25, -0.2) is 0 Å². The third-order valence-corrected chi connectivity index (χ3v) is 11.5. The molecule has 2 aromatic rings. The van der Waals surface area contributed by atoms with Gasteiger partial charge in [-0.3, -0.25) is 14.4 Å². The molecular weight excluding hydrogens is 616 g/mol. The minimum atomic E-state index is -0.981. The highest BCUT2D eigenvalue weighted by molar-refractivity contribution is 9.09. The number of nitrogens with zero attached hydrogens (tertiary/aromatic N) is 2. The maximum absolute atomic E-state index is 14.8. The summed E-state index contributed by atoms with van der Waals surface area (Å²) in [6.45, 7) is 7.27. The predicted octanol–water partition coefficient (Wildman–Crippen LogP) is 4.79. The summed E-state index contributed by atoms with van der Waals surface area (Å²) in [5.74, 6) is -2.71. The van der Waals surface area contributed by atoms with Gasteiger partial charge in [0.1, 0.15) is 12.6 Å². The summed E-state index contributed by atoms with van der Waals surface area (Å²) in [5.41, 5.74) is 1.19. The zero-order valence-corrected chi connectivity index (χ0v) is 24.9. The Labute approximate surface area is 251 Å². The maximum atomic E-state index is 14.8. The molecule has 10 heteroatoms. The fraction of sp³-hybridized carbons (Fsp3) is 0.367. The average molecular weight is 646 g/mol. The van der Waals surface area contributed by atoms with Crippen LogP contribution in [0.5, 0.6) is 0 Å². The molecular formula is C30H30BrClN2O5S. The number of thioether (sulfide) groups is 1. The number of carbonyl (C=O) groups excluding carboxylic acids is 3. The first-order valence-electron chi connectivity index (χ1n) is 13.0. The van der Waals surface area contributed by atoms with Crippen LogP contribution in [-0.2, 0) is 19.1 Å². The van der Waals surface area contributed by atoms with Crippen LogP contribution in [0.15, 0.2) is 79.9 Å². The number of hydrogen-bond acceptors (Lipinski definition) is 6. The lowest BCUT2D eigenvalue weighted by atomic mass is 9.71. The van der Waals surface area contributed by atoms with Crippen LogP contribution in [-0.4, -0.2) is 68.4 Å². The minimum absolute atomic E-state index is 0.0303. The van der Waals surface area contributed by atoms with Crippen LogP contribution in [0.2, 0.25) is 5.02 Å². The number of benzene rings is 2. The van der Waals surface area contributed by atoms with Crippen molar-refractivity contribution in [1.29, 1.82) is 0 Å². The van der Waals surface area contributed by atoms with E-state index in [9.17, 15) is 19.5 Å². The van der Waals surface area contributed by atoms with Crippen molar-refractivity contribution in [3.63, 3.8) is 0 Å². The zero-order valence-electron chi connectivity index (χ0n) is 21.7. The maximum Gasteiger partial charge on any atom is 0.311 e. The van der Waals surface area contributed by atoms with Gasteiger partial charge in [0, 0.05) is 16.6 Å². The molecule has 5 rings (SSSR count). The van der Waals surface area contributed by atoms with Gasteiger partial charge in [-0.05, 0) is 24.1 Å². The van der Waals surface area contributed by atoms with E-state index in [1.54, 1.807) is 30.3 Å². The van der Waals surface area contributed by atoms with Crippen molar-refractivity contribution in [2.24, 2.45) is 11.8 Å². The van der Waals surface area contributed by atoms with E-state index in [0.717, 1.165) is 0 Å². The number of esters is 1. The van der Waals surface area contributed by atoms with Crippen molar-refractivity contribution >= 4 is 62.8 Å². The Kier molecular flexibility index (Phi) is 8.47. The molecule has 1 spiro atoms. The first-order valence-corrected chi connectivity index (χ1v) is 15.2. The lowest BCUT2D eigenvalue weighted by Gasteiger charge is -2.40. The number of fused-ring (bicyclic) bond motifs is 1. The number of anilines is 1. The standard InChI is InChI=1S/C30H30BrClN2O5S/c1-3-14-33(21-13-9-8-12-20(21)32)28(37)26-30-16-19(31)25(40-30)23(29(38)39-15-4-2)24(30)27(36)34(26)22(17-35)18-10-6-5-7-11-18/h3-13,19,22-26,35H,1-2,14-17H2/t19?,22-,23-,24+,25-,26?,30?/m1/s1. The molecule has 2 amide bonds. The molecule has 0 saturated carbocycles. The number of likely N-dealkylation sites (tertiary alicyclic amines) is 1.